The van der Waals surface area contributed by atoms with Crippen molar-refractivity contribution in [1.29, 1.82) is 0 Å². The lowest BCUT2D eigenvalue weighted by Crippen LogP contribution is -1.92. The fraction of sp³-hybridized carbons (Fsp3) is 0. The van der Waals surface area contributed by atoms with Crippen LogP contribution in [0, 0.1) is 0 Å². The van der Waals surface area contributed by atoms with Crippen LogP contribution >= 0.6 is 0 Å². The van der Waals surface area contributed by atoms with E-state index < -0.39 is 0 Å². The van der Waals surface area contributed by atoms with Gasteiger partial charge in [0, 0.05) is 27.1 Å². The van der Waals surface area contributed by atoms with E-state index in [9.17, 15) is 0 Å². The highest BCUT2D eigenvalue weighted by molar-refractivity contribution is 6.28. The lowest BCUT2D eigenvalue weighted by molar-refractivity contribution is 0.669. The van der Waals surface area contributed by atoms with Crippen molar-refractivity contribution in [2.45, 2.75) is 0 Å². The molecular formula is C90H54O2. The van der Waals surface area contributed by atoms with E-state index in [-0.39, 0.29) is 0 Å². The van der Waals surface area contributed by atoms with Gasteiger partial charge in [0.15, 0.2) is 0 Å². The van der Waals surface area contributed by atoms with Crippen molar-refractivity contribution < 1.29 is 8.83 Å². The van der Waals surface area contributed by atoms with Gasteiger partial charge in [0.1, 0.15) is 22.3 Å². The summed E-state index contributed by atoms with van der Waals surface area (Å²) >= 11 is 0. The minimum atomic E-state index is 0.858. The zero-order valence-corrected chi connectivity index (χ0v) is 50.0. The molecule has 2 nitrogen and oxygen atoms in total. The van der Waals surface area contributed by atoms with Crippen molar-refractivity contribution >= 4 is 109 Å². The van der Waals surface area contributed by atoms with Crippen LogP contribution in [0.4, 0.5) is 0 Å². The third kappa shape index (κ3) is 8.21. The Morgan fingerprint density at radius 3 is 1.16 bits per heavy atom. The first kappa shape index (κ1) is 51.9. The molecule has 17 aromatic carbocycles. The van der Waals surface area contributed by atoms with Gasteiger partial charge < -0.3 is 8.83 Å². The van der Waals surface area contributed by atoms with Gasteiger partial charge in [-0.25, -0.2) is 0 Å². The molecule has 19 aromatic rings. The van der Waals surface area contributed by atoms with Crippen molar-refractivity contribution in [3.8, 4) is 89.0 Å². The molecule has 92 heavy (non-hydrogen) atoms. The summed E-state index contributed by atoms with van der Waals surface area (Å²) in [7, 11) is 0. The molecule has 0 atom stereocenters. The van der Waals surface area contributed by atoms with E-state index in [4.69, 9.17) is 8.83 Å². The Hall–Kier alpha value is -12.1. The van der Waals surface area contributed by atoms with E-state index in [1.54, 1.807) is 0 Å². The van der Waals surface area contributed by atoms with Crippen LogP contribution in [0.5, 0.6) is 0 Å². The lowest BCUT2D eigenvalue weighted by atomic mass is 9.84. The quantitative estimate of drug-likeness (QED) is 0.142. The Bertz CT molecular complexity index is 6140. The highest BCUT2D eigenvalue weighted by Gasteiger charge is 2.25. The maximum absolute atomic E-state index is 7.28. The molecule has 0 aliphatic heterocycles. The minimum absolute atomic E-state index is 0.858. The van der Waals surface area contributed by atoms with Crippen molar-refractivity contribution in [1.82, 2.24) is 0 Å². The Labute approximate surface area is 530 Å². The van der Waals surface area contributed by atoms with Crippen molar-refractivity contribution in [2.24, 2.45) is 0 Å². The molecule has 0 amide bonds. The standard InChI is InChI=1S/C90H54O2/c1-5-20-55(21-6-1)61-40-43-65-53-82-79(52-66(65)48-61)88-68(34-19-35-81(88)91-82)57-36-38-60(39-37-57)85-70-28-13-14-29-71(70)86(59-26-11-4-12-27-59)78-50-63(44-45-76(78)85)62-41-42-64-51-80-83(54-67(64)49-62)92-90-69(56-22-7-2-8-23-56)46-47-77(89(80)90)87-74-32-17-15-30-72(74)84(58-24-9-3-10-25-58)73-31-16-18-33-75(73)87/h1-54H. The summed E-state index contributed by atoms with van der Waals surface area (Å²) in [5.74, 6) is 0. The molecule has 2 heteroatoms. The predicted octanol–water partition coefficient (Wildman–Crippen LogP) is 25.7. The second kappa shape index (κ2) is 20.8. The molecule has 0 saturated heterocycles. The fourth-order valence-electron chi connectivity index (χ4n) is 15.2. The summed E-state index contributed by atoms with van der Waals surface area (Å²) in [6.07, 6.45) is 0. The summed E-state index contributed by atoms with van der Waals surface area (Å²) in [6.45, 7) is 0. The number of fused-ring (bicyclic) bond motifs is 12. The molecule has 0 fully saturated rings. The normalized spacial score (nSPS) is 11.9. The third-order valence-electron chi connectivity index (χ3n) is 19.4. The van der Waals surface area contributed by atoms with Gasteiger partial charge in [-0.05, 0) is 203 Å². The fourth-order valence-corrected chi connectivity index (χ4v) is 15.2. The van der Waals surface area contributed by atoms with Gasteiger partial charge in [-0.3, -0.25) is 0 Å². The summed E-state index contributed by atoms with van der Waals surface area (Å²) < 4.78 is 13.9. The molecule has 0 aliphatic rings. The second-order valence-corrected chi connectivity index (χ2v) is 24.5. The van der Waals surface area contributed by atoms with Crippen LogP contribution in [0.1, 0.15) is 0 Å². The molecule has 0 aliphatic carbocycles. The Balaban J connectivity index is 0.759. The monoisotopic (exact) mass is 1170 g/mol. The molecule has 0 saturated carbocycles. The highest BCUT2D eigenvalue weighted by atomic mass is 16.3. The van der Waals surface area contributed by atoms with Crippen LogP contribution in [0.2, 0.25) is 0 Å². The van der Waals surface area contributed by atoms with Gasteiger partial charge in [0.25, 0.3) is 0 Å². The summed E-state index contributed by atoms with van der Waals surface area (Å²) in [5.41, 5.74) is 22.3. The molecule has 0 radical (unpaired) electrons. The molecule has 0 unspecified atom stereocenters. The van der Waals surface area contributed by atoms with Gasteiger partial charge in [-0.2, -0.15) is 0 Å². The highest BCUT2D eigenvalue weighted by Crippen LogP contribution is 2.51. The first-order valence-electron chi connectivity index (χ1n) is 31.7. The number of rotatable bonds is 8. The smallest absolute Gasteiger partial charge is 0.143 e. The molecular weight excluding hydrogens is 1110 g/mol. The van der Waals surface area contributed by atoms with Crippen LogP contribution < -0.4 is 0 Å². The first-order valence-corrected chi connectivity index (χ1v) is 31.7. The van der Waals surface area contributed by atoms with Gasteiger partial charge in [0.05, 0.1) is 0 Å². The van der Waals surface area contributed by atoms with E-state index >= 15 is 0 Å². The largest absolute Gasteiger partial charge is 0.456 e. The Morgan fingerprint density at radius 1 is 0.163 bits per heavy atom. The van der Waals surface area contributed by atoms with Crippen LogP contribution in [0.3, 0.4) is 0 Å². The number of hydrogen-bond acceptors (Lipinski definition) is 2. The zero-order valence-electron chi connectivity index (χ0n) is 50.0. The predicted molar refractivity (Wildman–Crippen MR) is 390 cm³/mol. The van der Waals surface area contributed by atoms with E-state index in [1.165, 1.54) is 93.0 Å². The number of hydrogen-bond donors (Lipinski definition) is 0. The molecule has 0 bridgehead atoms. The average molecular weight is 1170 g/mol. The van der Waals surface area contributed by atoms with Crippen LogP contribution in [-0.2, 0) is 0 Å². The van der Waals surface area contributed by atoms with E-state index in [1.807, 2.05) is 0 Å². The zero-order chi connectivity index (χ0) is 60.4. The second-order valence-electron chi connectivity index (χ2n) is 24.5. The average Bonchev–Trinajstić information content (AvgIpc) is 0.843. The Morgan fingerprint density at radius 2 is 0.554 bits per heavy atom. The molecule has 0 spiro atoms. The summed E-state index contributed by atoms with van der Waals surface area (Å²) in [4.78, 5) is 0. The summed E-state index contributed by atoms with van der Waals surface area (Å²) in [5, 5.41) is 18.8. The van der Waals surface area contributed by atoms with Gasteiger partial charge in [0.2, 0.25) is 0 Å². The van der Waals surface area contributed by atoms with E-state index in [2.05, 4.69) is 328 Å². The topological polar surface area (TPSA) is 26.3 Å². The minimum Gasteiger partial charge on any atom is -0.456 e. The lowest BCUT2D eigenvalue weighted by Gasteiger charge is -2.19. The van der Waals surface area contributed by atoms with E-state index in [0.29, 0.717) is 0 Å². The van der Waals surface area contributed by atoms with Gasteiger partial charge >= 0.3 is 0 Å². The molecule has 2 heterocycles. The number of benzene rings is 17. The SMILES string of the molecule is c1ccc(-c2ccc3cc4oc5cccc(-c6ccc(-c7c8ccccc8c(-c8ccccc8)c8cc(-c9ccc%10cc%11c(cc%10c9)oc9c(-c%10ccccc%10)ccc(-c%10c%12ccccc%12c(-c%12ccccc%12)c%12ccccc%10%12)c9%11)ccc78)cc6)c5c4cc3c2)cc1. The van der Waals surface area contributed by atoms with Crippen LogP contribution in [0.25, 0.3) is 198 Å². The molecule has 0 N–H and O–H groups in total. The van der Waals surface area contributed by atoms with Crippen molar-refractivity contribution in [3.05, 3.63) is 328 Å². The van der Waals surface area contributed by atoms with E-state index in [0.717, 1.165) is 105 Å². The number of furan rings is 2. The van der Waals surface area contributed by atoms with Crippen molar-refractivity contribution in [3.63, 3.8) is 0 Å². The first-order chi connectivity index (χ1) is 45.6. The van der Waals surface area contributed by atoms with Gasteiger partial charge in [-0.1, -0.05) is 273 Å². The van der Waals surface area contributed by atoms with Crippen molar-refractivity contribution in [2.75, 3.05) is 0 Å². The Kier molecular flexibility index (Phi) is 11.7. The summed E-state index contributed by atoms with van der Waals surface area (Å²) in [6, 6.07) is 120. The maximum Gasteiger partial charge on any atom is 0.143 e. The third-order valence-corrected chi connectivity index (χ3v) is 19.4. The van der Waals surface area contributed by atoms with Crippen LogP contribution in [-0.4, -0.2) is 0 Å². The molecule has 426 valence electrons. The maximum atomic E-state index is 7.28. The van der Waals surface area contributed by atoms with Crippen LogP contribution in [0.15, 0.2) is 336 Å². The molecule has 2 aromatic heterocycles. The molecule has 19 rings (SSSR count). The van der Waals surface area contributed by atoms with Gasteiger partial charge in [-0.15, -0.1) is 0 Å².